The summed E-state index contributed by atoms with van der Waals surface area (Å²) in [5.74, 6) is 1.24. The summed E-state index contributed by atoms with van der Waals surface area (Å²) in [4.78, 5) is 25.2. The summed E-state index contributed by atoms with van der Waals surface area (Å²) in [6.07, 6.45) is 1.50. The van der Waals surface area contributed by atoms with E-state index in [0.717, 1.165) is 23.1 Å². The van der Waals surface area contributed by atoms with E-state index in [-0.39, 0.29) is 11.5 Å². The van der Waals surface area contributed by atoms with Crippen LogP contribution in [0.1, 0.15) is 5.56 Å². The predicted molar refractivity (Wildman–Crippen MR) is 158 cm³/mol. The number of ether oxygens (including phenoxy) is 1. The fourth-order valence-electron chi connectivity index (χ4n) is 4.10. The van der Waals surface area contributed by atoms with Gasteiger partial charge in [-0.2, -0.15) is 4.98 Å². The third kappa shape index (κ3) is 5.74. The maximum absolute atomic E-state index is 12.1. The average Bonchev–Trinajstić information content (AvgIpc) is 3.30. The van der Waals surface area contributed by atoms with E-state index in [1.165, 1.54) is 6.20 Å². The van der Waals surface area contributed by atoms with E-state index in [1.54, 1.807) is 24.9 Å². The zero-order valence-electron chi connectivity index (χ0n) is 22.6. The molecule has 0 atom stereocenters. The number of hydrogen-bond acceptors (Lipinski definition) is 9. The van der Waals surface area contributed by atoms with Crippen LogP contribution in [0.25, 0.3) is 22.3 Å². The smallest absolute Gasteiger partial charge is 0.248 e. The zero-order chi connectivity index (χ0) is 28.3. The van der Waals surface area contributed by atoms with Crippen LogP contribution in [-0.4, -0.2) is 78.9 Å². The van der Waals surface area contributed by atoms with Gasteiger partial charge in [0.15, 0.2) is 11.6 Å². The topological polar surface area (TPSA) is 126 Å². The largest absolute Gasteiger partial charge is 0.494 e. The molecule has 39 heavy (non-hydrogen) atoms. The summed E-state index contributed by atoms with van der Waals surface area (Å²) >= 11 is 6.52. The maximum atomic E-state index is 12.1. The van der Waals surface area contributed by atoms with Crippen LogP contribution in [0.2, 0.25) is 5.02 Å². The number of rotatable bonds is 11. The number of primary amides is 1. The van der Waals surface area contributed by atoms with Crippen molar-refractivity contribution in [3.05, 3.63) is 59.8 Å². The first-order chi connectivity index (χ1) is 18.6. The normalized spacial score (nSPS) is 11.1. The molecule has 0 saturated heterocycles. The van der Waals surface area contributed by atoms with Gasteiger partial charge in [-0.1, -0.05) is 30.3 Å². The van der Waals surface area contributed by atoms with Crippen LogP contribution in [0.15, 0.2) is 49.2 Å². The number of carbonyl (C=O) groups is 1. The van der Waals surface area contributed by atoms with Gasteiger partial charge < -0.3 is 30.9 Å². The van der Waals surface area contributed by atoms with E-state index in [0.29, 0.717) is 40.2 Å². The molecule has 0 radical (unpaired) electrons. The number of methoxy groups -OCH3 is 1. The molecule has 0 unspecified atom stereocenters. The van der Waals surface area contributed by atoms with Crippen molar-refractivity contribution in [2.24, 2.45) is 5.73 Å². The van der Waals surface area contributed by atoms with Crippen LogP contribution in [-0.2, 0) is 4.79 Å². The van der Waals surface area contributed by atoms with E-state index in [9.17, 15) is 4.79 Å². The average molecular weight is 550 g/mol. The number of hydrogen-bond donors (Lipinski definition) is 3. The minimum Gasteiger partial charge on any atom is -0.494 e. The summed E-state index contributed by atoms with van der Waals surface area (Å²) < 4.78 is 7.35. The number of nitrogens with two attached hydrogens (primary N) is 1. The summed E-state index contributed by atoms with van der Waals surface area (Å²) in [7, 11) is 9.30. The van der Waals surface area contributed by atoms with Gasteiger partial charge in [-0.3, -0.25) is 4.79 Å². The number of para-hydroxylation sites is 1. The number of halogens is 1. The fraction of sp³-hybridized carbons (Fsp3) is 0.259. The molecule has 4 N–H and O–H groups in total. The van der Waals surface area contributed by atoms with Gasteiger partial charge in [0, 0.05) is 55.5 Å². The summed E-state index contributed by atoms with van der Waals surface area (Å²) in [6, 6.07) is 11.4. The summed E-state index contributed by atoms with van der Waals surface area (Å²) in [5.41, 5.74) is 8.47. The Balaban J connectivity index is 1.78. The number of fused-ring (bicyclic) bond motifs is 1. The third-order valence-corrected chi connectivity index (χ3v) is 6.50. The summed E-state index contributed by atoms with van der Waals surface area (Å²) in [5, 5.41) is 12.2. The van der Waals surface area contributed by atoms with Gasteiger partial charge in [-0.05, 0) is 32.3 Å². The molecule has 4 aromatic rings. The molecule has 2 heterocycles. The van der Waals surface area contributed by atoms with Crippen molar-refractivity contribution in [3.8, 4) is 11.6 Å². The quantitative estimate of drug-likeness (QED) is 0.240. The maximum Gasteiger partial charge on any atom is 0.248 e. The standard InChI is InChI=1S/C27H32ClN9O2/c1-16(24(29)38)18-13-20(23(39-6)14-22(18)36(5)12-11-35(3)4)32-27-31-15-19(28)26(33-27)37-21-10-8-7-9-17(21)25(30-2)34-37/h7-10,13-15H,1,11-12H2,2-6H3,(H2,29,38)(H,30,34)(H,31,32,33). The molecule has 11 nitrogen and oxygen atoms in total. The van der Waals surface area contributed by atoms with Crippen molar-refractivity contribution in [1.82, 2.24) is 24.6 Å². The minimum absolute atomic E-state index is 0.174. The Hall–Kier alpha value is -4.35. The molecule has 0 aliphatic carbocycles. The van der Waals surface area contributed by atoms with Crippen LogP contribution < -0.4 is 26.0 Å². The Bertz CT molecular complexity index is 1530. The van der Waals surface area contributed by atoms with Gasteiger partial charge >= 0.3 is 0 Å². The molecule has 2 aromatic carbocycles. The molecular weight excluding hydrogens is 518 g/mol. The highest BCUT2D eigenvalue weighted by Gasteiger charge is 2.20. The molecule has 0 saturated carbocycles. The predicted octanol–water partition coefficient (Wildman–Crippen LogP) is 3.76. The molecular formula is C27H32ClN9O2. The van der Waals surface area contributed by atoms with Crippen molar-refractivity contribution in [2.45, 2.75) is 0 Å². The van der Waals surface area contributed by atoms with Crippen LogP contribution in [0.3, 0.4) is 0 Å². The summed E-state index contributed by atoms with van der Waals surface area (Å²) in [6.45, 7) is 5.44. The second kappa shape index (κ2) is 11.6. The fourth-order valence-corrected chi connectivity index (χ4v) is 4.27. The number of amides is 1. The van der Waals surface area contributed by atoms with Gasteiger partial charge in [0.05, 0.1) is 24.5 Å². The Morgan fingerprint density at radius 1 is 1.21 bits per heavy atom. The molecule has 2 aromatic heterocycles. The number of anilines is 4. The Morgan fingerprint density at radius 2 is 1.95 bits per heavy atom. The molecule has 0 aliphatic rings. The van der Waals surface area contributed by atoms with Gasteiger partial charge in [0.25, 0.3) is 0 Å². The number of nitrogens with one attached hydrogen (secondary N) is 2. The van der Waals surface area contributed by atoms with E-state index >= 15 is 0 Å². The first kappa shape index (κ1) is 27.7. The number of nitrogens with zero attached hydrogens (tertiary/aromatic N) is 6. The first-order valence-electron chi connectivity index (χ1n) is 12.2. The van der Waals surface area contributed by atoms with Gasteiger partial charge in [0.2, 0.25) is 11.9 Å². The lowest BCUT2D eigenvalue weighted by molar-refractivity contribution is -0.112. The van der Waals surface area contributed by atoms with Crippen LogP contribution in [0, 0.1) is 0 Å². The van der Waals surface area contributed by atoms with E-state index < -0.39 is 5.91 Å². The first-order valence-corrected chi connectivity index (χ1v) is 12.5. The van der Waals surface area contributed by atoms with Crippen LogP contribution >= 0.6 is 11.6 Å². The van der Waals surface area contributed by atoms with Gasteiger partial charge in [0.1, 0.15) is 10.8 Å². The highest BCUT2D eigenvalue weighted by atomic mass is 35.5. The number of carbonyl (C=O) groups excluding carboxylic acids is 1. The molecule has 12 heteroatoms. The highest BCUT2D eigenvalue weighted by Crippen LogP contribution is 2.38. The van der Waals surface area contributed by atoms with Gasteiger partial charge in [-0.15, -0.1) is 5.10 Å². The Morgan fingerprint density at radius 3 is 2.62 bits per heavy atom. The van der Waals surface area contributed by atoms with Crippen molar-refractivity contribution >= 4 is 57.1 Å². The minimum atomic E-state index is -0.621. The van der Waals surface area contributed by atoms with E-state index in [1.807, 2.05) is 56.4 Å². The lowest BCUT2D eigenvalue weighted by atomic mass is 10.0. The third-order valence-electron chi connectivity index (χ3n) is 6.23. The Labute approximate surface area is 232 Å². The zero-order valence-corrected chi connectivity index (χ0v) is 23.4. The highest BCUT2D eigenvalue weighted by molar-refractivity contribution is 6.32. The van der Waals surface area contributed by atoms with E-state index in [2.05, 4.69) is 37.2 Å². The lowest BCUT2D eigenvalue weighted by Crippen LogP contribution is -2.29. The van der Waals surface area contributed by atoms with Crippen molar-refractivity contribution < 1.29 is 9.53 Å². The van der Waals surface area contributed by atoms with Crippen LogP contribution in [0.4, 0.5) is 23.1 Å². The SMILES string of the molecule is C=C(C(N)=O)c1cc(Nc2ncc(Cl)c(-n3nc(NC)c4ccccc43)n2)c(OC)cc1N(C)CCN(C)C. The molecule has 0 bridgehead atoms. The van der Waals surface area contributed by atoms with E-state index in [4.69, 9.17) is 22.1 Å². The van der Waals surface area contributed by atoms with Crippen molar-refractivity contribution in [2.75, 3.05) is 63.9 Å². The number of aromatic nitrogens is 4. The van der Waals surface area contributed by atoms with Crippen molar-refractivity contribution in [1.29, 1.82) is 0 Å². The Kier molecular flexibility index (Phi) is 8.22. The molecule has 0 aliphatic heterocycles. The second-order valence-corrected chi connectivity index (χ2v) is 9.56. The van der Waals surface area contributed by atoms with Crippen molar-refractivity contribution in [3.63, 3.8) is 0 Å². The lowest BCUT2D eigenvalue weighted by Gasteiger charge is -2.26. The second-order valence-electron chi connectivity index (χ2n) is 9.15. The molecule has 4 rings (SSSR count). The molecule has 204 valence electrons. The molecule has 0 fully saturated rings. The molecule has 1 amide bonds. The number of benzene rings is 2. The molecule has 0 spiro atoms. The van der Waals surface area contributed by atoms with Crippen LogP contribution in [0.5, 0.6) is 5.75 Å². The van der Waals surface area contributed by atoms with Gasteiger partial charge in [-0.25, -0.2) is 9.67 Å². The number of likely N-dealkylation sites (N-methyl/N-ethyl adjacent to an activating group) is 2. The monoisotopic (exact) mass is 549 g/mol.